The molecule has 1 aliphatic rings. The predicted octanol–water partition coefficient (Wildman–Crippen LogP) is 2.32. The first-order valence-corrected chi connectivity index (χ1v) is 7.41. The summed E-state index contributed by atoms with van der Waals surface area (Å²) in [4.78, 5) is 2.55. The van der Waals surface area contributed by atoms with E-state index < -0.39 is 0 Å². The normalized spacial score (nSPS) is 16.6. The van der Waals surface area contributed by atoms with Crippen LogP contribution in [-0.4, -0.2) is 44.2 Å². The van der Waals surface area contributed by atoms with Gasteiger partial charge in [0.1, 0.15) is 0 Å². The highest BCUT2D eigenvalue weighted by atomic mass is 15.2. The van der Waals surface area contributed by atoms with Crippen molar-refractivity contribution in [3.8, 4) is 0 Å². The van der Waals surface area contributed by atoms with Crippen LogP contribution in [0.4, 0.5) is 5.69 Å². The molecular weight excluding hydrogens is 234 g/mol. The van der Waals surface area contributed by atoms with Crippen LogP contribution in [0.1, 0.15) is 23.1 Å². The molecule has 0 radical (unpaired) electrons. The summed E-state index contributed by atoms with van der Waals surface area (Å²) in [6.07, 6.45) is 1.21. The average Bonchev–Trinajstić information content (AvgIpc) is 2.41. The molecule has 0 bridgehead atoms. The minimum absolute atomic E-state index is 1.06. The molecule has 19 heavy (non-hydrogen) atoms. The van der Waals surface area contributed by atoms with Gasteiger partial charge in [-0.15, -0.1) is 0 Å². The smallest absolute Gasteiger partial charge is 0.0372 e. The minimum Gasteiger partial charge on any atom is -0.385 e. The Morgan fingerprint density at radius 2 is 1.74 bits per heavy atom. The van der Waals surface area contributed by atoms with Crippen molar-refractivity contribution in [1.29, 1.82) is 0 Å². The third-order valence-electron chi connectivity index (χ3n) is 4.02. The van der Waals surface area contributed by atoms with Crippen LogP contribution in [0.5, 0.6) is 0 Å². The monoisotopic (exact) mass is 261 g/mol. The molecule has 0 saturated carbocycles. The van der Waals surface area contributed by atoms with E-state index in [0.29, 0.717) is 0 Å². The van der Waals surface area contributed by atoms with Crippen molar-refractivity contribution in [3.05, 3.63) is 28.8 Å². The molecule has 2 N–H and O–H groups in total. The van der Waals surface area contributed by atoms with Crippen LogP contribution in [0, 0.1) is 20.8 Å². The average molecular weight is 261 g/mol. The maximum Gasteiger partial charge on any atom is 0.0372 e. The largest absolute Gasteiger partial charge is 0.385 e. The lowest BCUT2D eigenvalue weighted by molar-refractivity contribution is 0.240. The Balaban J connectivity index is 1.74. The molecule has 1 saturated heterocycles. The maximum absolute atomic E-state index is 3.58. The van der Waals surface area contributed by atoms with E-state index in [1.54, 1.807) is 0 Å². The Morgan fingerprint density at radius 1 is 1.05 bits per heavy atom. The van der Waals surface area contributed by atoms with Crippen molar-refractivity contribution in [2.24, 2.45) is 0 Å². The van der Waals surface area contributed by atoms with Gasteiger partial charge < -0.3 is 15.5 Å². The van der Waals surface area contributed by atoms with Crippen molar-refractivity contribution in [1.82, 2.24) is 10.2 Å². The third kappa shape index (κ3) is 4.22. The molecule has 3 nitrogen and oxygen atoms in total. The van der Waals surface area contributed by atoms with Gasteiger partial charge in [-0.1, -0.05) is 6.07 Å². The Labute approximate surface area is 117 Å². The highest BCUT2D eigenvalue weighted by Gasteiger charge is 2.08. The second-order valence-corrected chi connectivity index (χ2v) is 5.62. The van der Waals surface area contributed by atoms with Crippen molar-refractivity contribution < 1.29 is 0 Å². The van der Waals surface area contributed by atoms with Gasteiger partial charge >= 0.3 is 0 Å². The van der Waals surface area contributed by atoms with E-state index in [0.717, 1.165) is 19.6 Å². The van der Waals surface area contributed by atoms with Crippen molar-refractivity contribution in [2.75, 3.05) is 44.6 Å². The van der Waals surface area contributed by atoms with Crippen LogP contribution >= 0.6 is 0 Å². The Bertz CT molecular complexity index is 409. The second-order valence-electron chi connectivity index (χ2n) is 5.62. The molecule has 3 heteroatoms. The number of nitrogens with zero attached hydrogens (tertiary/aromatic N) is 1. The molecule has 1 aromatic carbocycles. The van der Waals surface area contributed by atoms with Gasteiger partial charge in [0.2, 0.25) is 0 Å². The highest BCUT2D eigenvalue weighted by molar-refractivity contribution is 5.54. The van der Waals surface area contributed by atoms with Crippen molar-refractivity contribution >= 4 is 5.69 Å². The molecule has 106 valence electrons. The fourth-order valence-corrected chi connectivity index (χ4v) is 2.61. The third-order valence-corrected chi connectivity index (χ3v) is 4.02. The Hall–Kier alpha value is -1.06. The van der Waals surface area contributed by atoms with Gasteiger partial charge in [0, 0.05) is 38.4 Å². The molecule has 0 unspecified atom stereocenters. The van der Waals surface area contributed by atoms with Crippen LogP contribution in [0.3, 0.4) is 0 Å². The lowest BCUT2D eigenvalue weighted by atomic mass is 10.0. The van der Waals surface area contributed by atoms with Crippen LogP contribution in [0.15, 0.2) is 12.1 Å². The van der Waals surface area contributed by atoms with Gasteiger partial charge in [-0.05, 0) is 56.5 Å². The quantitative estimate of drug-likeness (QED) is 0.797. The number of hydrogen-bond acceptors (Lipinski definition) is 3. The summed E-state index contributed by atoms with van der Waals surface area (Å²) in [5.74, 6) is 0. The van der Waals surface area contributed by atoms with Crippen LogP contribution < -0.4 is 10.6 Å². The summed E-state index contributed by atoms with van der Waals surface area (Å²) in [5.41, 5.74) is 5.40. The minimum atomic E-state index is 1.06. The number of nitrogens with one attached hydrogen (secondary N) is 2. The summed E-state index contributed by atoms with van der Waals surface area (Å²) in [7, 11) is 0. The molecule has 1 aromatic rings. The summed E-state index contributed by atoms with van der Waals surface area (Å²) >= 11 is 0. The number of anilines is 1. The molecule has 0 aliphatic carbocycles. The van der Waals surface area contributed by atoms with Gasteiger partial charge in [-0.25, -0.2) is 0 Å². The summed E-state index contributed by atoms with van der Waals surface area (Å²) < 4.78 is 0. The summed E-state index contributed by atoms with van der Waals surface area (Å²) in [5, 5.41) is 6.97. The lowest BCUT2D eigenvalue weighted by Crippen LogP contribution is -2.44. The van der Waals surface area contributed by atoms with E-state index >= 15 is 0 Å². The van der Waals surface area contributed by atoms with Crippen LogP contribution in [-0.2, 0) is 0 Å². The fourth-order valence-electron chi connectivity index (χ4n) is 2.61. The number of piperazine rings is 1. The highest BCUT2D eigenvalue weighted by Crippen LogP contribution is 2.19. The summed E-state index contributed by atoms with van der Waals surface area (Å²) in [6.45, 7) is 13.5. The van der Waals surface area contributed by atoms with Gasteiger partial charge in [0.05, 0.1) is 0 Å². The van der Waals surface area contributed by atoms with Crippen LogP contribution in [0.25, 0.3) is 0 Å². The standard InChI is InChI=1S/C16H27N3/c1-13-11-15(3)16(12-14(13)2)18-5-4-8-19-9-6-17-7-10-19/h11-12,17-18H,4-10H2,1-3H3. The van der Waals surface area contributed by atoms with Crippen molar-refractivity contribution in [2.45, 2.75) is 27.2 Å². The molecule has 2 rings (SSSR count). The van der Waals surface area contributed by atoms with E-state index in [4.69, 9.17) is 0 Å². The molecule has 0 amide bonds. The van der Waals surface area contributed by atoms with E-state index in [-0.39, 0.29) is 0 Å². The molecule has 1 fully saturated rings. The number of rotatable bonds is 5. The van der Waals surface area contributed by atoms with Gasteiger partial charge in [-0.3, -0.25) is 0 Å². The van der Waals surface area contributed by atoms with Crippen LogP contribution in [0.2, 0.25) is 0 Å². The Morgan fingerprint density at radius 3 is 2.47 bits per heavy atom. The van der Waals surface area contributed by atoms with Gasteiger partial charge in [0.25, 0.3) is 0 Å². The molecule has 0 atom stereocenters. The first kappa shape index (κ1) is 14.4. The first-order valence-electron chi connectivity index (χ1n) is 7.41. The van der Waals surface area contributed by atoms with Crippen molar-refractivity contribution in [3.63, 3.8) is 0 Å². The second kappa shape index (κ2) is 6.92. The molecule has 1 heterocycles. The van der Waals surface area contributed by atoms with Gasteiger partial charge in [-0.2, -0.15) is 0 Å². The Kier molecular flexibility index (Phi) is 5.23. The molecule has 0 aromatic heterocycles. The number of aryl methyl sites for hydroxylation is 3. The summed E-state index contributed by atoms with van der Waals surface area (Å²) in [6, 6.07) is 4.55. The van der Waals surface area contributed by atoms with E-state index in [2.05, 4.69) is 48.4 Å². The topological polar surface area (TPSA) is 27.3 Å². The number of benzene rings is 1. The zero-order valence-corrected chi connectivity index (χ0v) is 12.6. The van der Waals surface area contributed by atoms with Gasteiger partial charge in [0.15, 0.2) is 0 Å². The van der Waals surface area contributed by atoms with E-state index in [9.17, 15) is 0 Å². The first-order chi connectivity index (χ1) is 9.16. The zero-order valence-electron chi connectivity index (χ0n) is 12.6. The fraction of sp³-hybridized carbons (Fsp3) is 0.625. The SMILES string of the molecule is Cc1cc(C)c(NCCCN2CCNCC2)cc1C. The zero-order chi connectivity index (χ0) is 13.7. The molecule has 0 spiro atoms. The maximum atomic E-state index is 3.58. The van der Waals surface area contributed by atoms with E-state index in [1.165, 1.54) is 48.4 Å². The molecular formula is C16H27N3. The lowest BCUT2D eigenvalue weighted by Gasteiger charge is -2.27. The van der Waals surface area contributed by atoms with E-state index in [1.807, 2.05) is 0 Å². The number of hydrogen-bond donors (Lipinski definition) is 2. The predicted molar refractivity (Wildman–Crippen MR) is 83.1 cm³/mol. The molecule has 1 aliphatic heterocycles.